The van der Waals surface area contributed by atoms with Gasteiger partial charge >= 0.3 is 0 Å². The van der Waals surface area contributed by atoms with Crippen molar-refractivity contribution in [3.8, 4) is 0 Å². The third-order valence-corrected chi connectivity index (χ3v) is 4.28. The zero-order valence-electron chi connectivity index (χ0n) is 13.0. The molecule has 1 N–H and O–H groups in total. The van der Waals surface area contributed by atoms with Crippen molar-refractivity contribution in [2.75, 3.05) is 6.54 Å². The molecular weight excluding hydrogens is 248 g/mol. The molecule has 1 fully saturated rings. The number of carbonyl (C=O) groups is 1. The molecule has 3 atom stereocenters. The Kier molecular flexibility index (Phi) is 4.81. The molecule has 1 aromatic rings. The van der Waals surface area contributed by atoms with Crippen LogP contribution in [0.2, 0.25) is 0 Å². The Morgan fingerprint density at radius 2 is 1.90 bits per heavy atom. The van der Waals surface area contributed by atoms with Crippen molar-refractivity contribution in [3.63, 3.8) is 0 Å². The van der Waals surface area contributed by atoms with E-state index < -0.39 is 0 Å². The lowest BCUT2D eigenvalue weighted by Gasteiger charge is -2.27. The van der Waals surface area contributed by atoms with Crippen molar-refractivity contribution >= 4 is 5.91 Å². The van der Waals surface area contributed by atoms with Gasteiger partial charge in [0.1, 0.15) is 6.17 Å². The topological polar surface area (TPSA) is 32.3 Å². The minimum absolute atomic E-state index is 0.0254. The average Bonchev–Trinajstić information content (AvgIpc) is 2.75. The van der Waals surface area contributed by atoms with Gasteiger partial charge in [0.2, 0.25) is 5.91 Å². The normalized spacial score (nSPS) is 24.2. The molecule has 1 heterocycles. The fourth-order valence-corrected chi connectivity index (χ4v) is 2.65. The molecule has 1 aromatic carbocycles. The molecule has 0 bridgehead atoms. The molecule has 0 spiro atoms. The Morgan fingerprint density at radius 3 is 2.45 bits per heavy atom. The summed E-state index contributed by atoms with van der Waals surface area (Å²) in [6, 6.07) is 8.52. The van der Waals surface area contributed by atoms with Gasteiger partial charge in [-0.1, -0.05) is 51.5 Å². The number of amides is 1. The summed E-state index contributed by atoms with van der Waals surface area (Å²) in [6.07, 6.45) is 2.17. The van der Waals surface area contributed by atoms with E-state index in [1.807, 2.05) is 11.8 Å². The van der Waals surface area contributed by atoms with Gasteiger partial charge < -0.3 is 4.90 Å². The summed E-state index contributed by atoms with van der Waals surface area (Å²) in [6.45, 7) is 9.31. The number of hydrogen-bond donors (Lipinski definition) is 1. The first-order chi connectivity index (χ1) is 9.56. The van der Waals surface area contributed by atoms with Crippen molar-refractivity contribution in [2.24, 2.45) is 5.92 Å². The van der Waals surface area contributed by atoms with Gasteiger partial charge in [-0.3, -0.25) is 10.1 Å². The van der Waals surface area contributed by atoms with Crippen LogP contribution in [0.15, 0.2) is 24.3 Å². The van der Waals surface area contributed by atoms with Crippen molar-refractivity contribution in [1.82, 2.24) is 10.2 Å². The number of nitrogens with zero attached hydrogens (tertiary/aromatic N) is 1. The van der Waals surface area contributed by atoms with Crippen molar-refractivity contribution in [1.29, 1.82) is 0 Å². The van der Waals surface area contributed by atoms with Crippen LogP contribution in [-0.2, 0) is 11.2 Å². The smallest absolute Gasteiger partial charge is 0.241 e. The van der Waals surface area contributed by atoms with Crippen LogP contribution in [0.5, 0.6) is 0 Å². The lowest BCUT2D eigenvalue weighted by Crippen LogP contribution is -2.34. The van der Waals surface area contributed by atoms with Gasteiger partial charge in [0.05, 0.1) is 6.04 Å². The maximum Gasteiger partial charge on any atom is 0.241 e. The van der Waals surface area contributed by atoms with Crippen molar-refractivity contribution < 1.29 is 4.79 Å². The maximum absolute atomic E-state index is 12.3. The minimum Gasteiger partial charge on any atom is -0.321 e. The molecule has 1 aliphatic heterocycles. The fraction of sp³-hybridized carbons (Fsp3) is 0.588. The number of aryl methyl sites for hydroxylation is 1. The van der Waals surface area contributed by atoms with Crippen LogP contribution in [0, 0.1) is 5.92 Å². The van der Waals surface area contributed by atoms with E-state index in [-0.39, 0.29) is 18.1 Å². The summed E-state index contributed by atoms with van der Waals surface area (Å²) >= 11 is 0. The Hall–Kier alpha value is -1.35. The number of rotatable bonds is 5. The molecule has 1 aliphatic rings. The fourth-order valence-electron chi connectivity index (χ4n) is 2.65. The quantitative estimate of drug-likeness (QED) is 0.894. The maximum atomic E-state index is 12.3. The lowest BCUT2D eigenvalue weighted by atomic mass is 10.1. The third kappa shape index (κ3) is 3.04. The number of benzene rings is 1. The summed E-state index contributed by atoms with van der Waals surface area (Å²) in [5.41, 5.74) is 2.52. The van der Waals surface area contributed by atoms with Gasteiger partial charge in [-0.2, -0.15) is 0 Å². The van der Waals surface area contributed by atoms with E-state index in [1.165, 1.54) is 11.1 Å². The lowest BCUT2D eigenvalue weighted by molar-refractivity contribution is -0.130. The predicted molar refractivity (Wildman–Crippen MR) is 82.3 cm³/mol. The summed E-state index contributed by atoms with van der Waals surface area (Å²) < 4.78 is 0. The molecular formula is C17H26N2O. The van der Waals surface area contributed by atoms with Gasteiger partial charge in [-0.05, 0) is 30.4 Å². The molecule has 0 radical (unpaired) electrons. The Bertz CT molecular complexity index is 455. The van der Waals surface area contributed by atoms with Gasteiger partial charge in [-0.25, -0.2) is 0 Å². The van der Waals surface area contributed by atoms with Gasteiger partial charge in [-0.15, -0.1) is 0 Å². The van der Waals surface area contributed by atoms with E-state index in [2.05, 4.69) is 50.4 Å². The van der Waals surface area contributed by atoms with Gasteiger partial charge in [0, 0.05) is 6.54 Å². The van der Waals surface area contributed by atoms with Crippen LogP contribution >= 0.6 is 0 Å². The first kappa shape index (κ1) is 15.0. The molecule has 110 valence electrons. The van der Waals surface area contributed by atoms with Crippen LogP contribution < -0.4 is 5.32 Å². The highest BCUT2D eigenvalue weighted by Crippen LogP contribution is 2.27. The van der Waals surface area contributed by atoms with Crippen molar-refractivity contribution in [3.05, 3.63) is 35.4 Å². The second-order valence-corrected chi connectivity index (χ2v) is 5.89. The number of nitrogens with one attached hydrogen (secondary N) is 1. The number of carbonyl (C=O) groups excluding carboxylic acids is 1. The Labute approximate surface area is 122 Å². The molecule has 1 amide bonds. The van der Waals surface area contributed by atoms with E-state index in [4.69, 9.17) is 0 Å². The summed E-state index contributed by atoms with van der Waals surface area (Å²) in [7, 11) is 0. The SMILES string of the molecule is CCc1ccc(C2NC(C)C(=O)N2CC(C)CC)cc1. The van der Waals surface area contributed by atoms with Crippen LogP contribution in [0.3, 0.4) is 0 Å². The van der Waals surface area contributed by atoms with Gasteiger partial charge in [0.15, 0.2) is 0 Å². The Balaban J connectivity index is 2.20. The molecule has 1 saturated heterocycles. The summed E-state index contributed by atoms with van der Waals surface area (Å²) in [4.78, 5) is 14.3. The van der Waals surface area contributed by atoms with E-state index in [1.54, 1.807) is 0 Å². The molecule has 2 rings (SSSR count). The monoisotopic (exact) mass is 274 g/mol. The standard InChI is InChI=1S/C17H26N2O/c1-5-12(3)11-19-16(18-13(4)17(19)20)15-9-7-14(6-2)8-10-15/h7-10,12-13,16,18H,5-6,11H2,1-4H3. The largest absolute Gasteiger partial charge is 0.321 e. The first-order valence-corrected chi connectivity index (χ1v) is 7.72. The molecule has 3 unspecified atom stereocenters. The highest BCUT2D eigenvalue weighted by molar-refractivity contribution is 5.84. The Morgan fingerprint density at radius 1 is 1.25 bits per heavy atom. The second kappa shape index (κ2) is 6.40. The molecule has 3 nitrogen and oxygen atoms in total. The van der Waals surface area contributed by atoms with E-state index in [0.717, 1.165) is 19.4 Å². The van der Waals surface area contributed by atoms with E-state index in [9.17, 15) is 4.79 Å². The van der Waals surface area contributed by atoms with Gasteiger partial charge in [0.25, 0.3) is 0 Å². The molecule has 0 aliphatic carbocycles. The average molecular weight is 274 g/mol. The van der Waals surface area contributed by atoms with Crippen molar-refractivity contribution in [2.45, 2.75) is 52.7 Å². The highest BCUT2D eigenvalue weighted by Gasteiger charge is 2.37. The van der Waals surface area contributed by atoms with E-state index >= 15 is 0 Å². The van der Waals surface area contributed by atoms with Crippen LogP contribution in [0.4, 0.5) is 0 Å². The highest BCUT2D eigenvalue weighted by atomic mass is 16.2. The first-order valence-electron chi connectivity index (χ1n) is 7.72. The summed E-state index contributed by atoms with van der Waals surface area (Å²) in [5, 5.41) is 3.41. The summed E-state index contributed by atoms with van der Waals surface area (Å²) in [5.74, 6) is 0.748. The zero-order chi connectivity index (χ0) is 14.7. The van der Waals surface area contributed by atoms with E-state index in [0.29, 0.717) is 5.92 Å². The zero-order valence-corrected chi connectivity index (χ0v) is 13.0. The molecule has 0 saturated carbocycles. The molecule has 3 heteroatoms. The molecule has 0 aromatic heterocycles. The van der Waals surface area contributed by atoms with Crippen LogP contribution in [0.25, 0.3) is 0 Å². The molecule has 20 heavy (non-hydrogen) atoms. The van der Waals surface area contributed by atoms with Crippen LogP contribution in [0.1, 0.15) is 51.4 Å². The minimum atomic E-state index is -0.0880. The number of hydrogen-bond acceptors (Lipinski definition) is 2. The second-order valence-electron chi connectivity index (χ2n) is 5.89. The van der Waals surface area contributed by atoms with Crippen LogP contribution in [-0.4, -0.2) is 23.4 Å². The third-order valence-electron chi connectivity index (χ3n) is 4.28. The predicted octanol–water partition coefficient (Wildman–Crippen LogP) is 3.11.